The zero-order valence-corrected chi connectivity index (χ0v) is 14.7. The Bertz CT molecular complexity index is 541. The standard InChI is InChI=1S/C18H28N4O2/c1-18(2)13-15(6-12-24-18)20-17(23)22-10-8-21(9-11-22)14-16-5-3-4-7-19-16/h3-5,7,15H,6,8-14H2,1-2H3,(H,20,23)/t15-/m1/s1. The normalized spacial score (nSPS) is 24.6. The molecule has 132 valence electrons. The van der Waals surface area contributed by atoms with Gasteiger partial charge in [0.05, 0.1) is 11.3 Å². The van der Waals surface area contributed by atoms with Gasteiger partial charge in [0.1, 0.15) is 0 Å². The number of urea groups is 1. The molecule has 0 bridgehead atoms. The van der Waals surface area contributed by atoms with E-state index in [1.807, 2.05) is 29.3 Å². The molecule has 3 heterocycles. The average Bonchev–Trinajstić information content (AvgIpc) is 2.55. The van der Waals surface area contributed by atoms with E-state index in [2.05, 4.69) is 29.0 Å². The van der Waals surface area contributed by atoms with E-state index in [1.54, 1.807) is 0 Å². The summed E-state index contributed by atoms with van der Waals surface area (Å²) in [4.78, 5) is 21.1. The number of nitrogens with one attached hydrogen (secondary N) is 1. The van der Waals surface area contributed by atoms with Crippen molar-refractivity contribution in [2.75, 3.05) is 32.8 Å². The number of carbonyl (C=O) groups excluding carboxylic acids is 1. The van der Waals surface area contributed by atoms with Crippen molar-refractivity contribution in [3.05, 3.63) is 30.1 Å². The minimum absolute atomic E-state index is 0.0650. The molecule has 0 saturated carbocycles. The third-order valence-electron chi connectivity index (χ3n) is 4.80. The largest absolute Gasteiger partial charge is 0.375 e. The second-order valence-corrected chi connectivity index (χ2v) is 7.33. The van der Waals surface area contributed by atoms with Crippen LogP contribution in [0.1, 0.15) is 32.4 Å². The summed E-state index contributed by atoms with van der Waals surface area (Å²) < 4.78 is 5.72. The van der Waals surface area contributed by atoms with Gasteiger partial charge in [0.25, 0.3) is 0 Å². The van der Waals surface area contributed by atoms with Crippen LogP contribution in [0.2, 0.25) is 0 Å². The molecule has 1 N–H and O–H groups in total. The van der Waals surface area contributed by atoms with Crippen molar-refractivity contribution in [3.8, 4) is 0 Å². The number of hydrogen-bond donors (Lipinski definition) is 1. The predicted molar refractivity (Wildman–Crippen MR) is 92.7 cm³/mol. The van der Waals surface area contributed by atoms with E-state index in [1.165, 1.54) is 0 Å². The zero-order chi connectivity index (χ0) is 17.0. The van der Waals surface area contributed by atoms with Crippen molar-refractivity contribution in [3.63, 3.8) is 0 Å². The molecule has 2 saturated heterocycles. The third-order valence-corrected chi connectivity index (χ3v) is 4.80. The van der Waals surface area contributed by atoms with Gasteiger partial charge in [0.15, 0.2) is 0 Å². The van der Waals surface area contributed by atoms with Crippen molar-refractivity contribution in [2.45, 2.75) is 44.9 Å². The lowest BCUT2D eigenvalue weighted by molar-refractivity contribution is -0.0616. The third kappa shape index (κ3) is 4.68. The summed E-state index contributed by atoms with van der Waals surface area (Å²) in [6.07, 6.45) is 3.60. The molecule has 6 heteroatoms. The Morgan fingerprint density at radius 1 is 1.33 bits per heavy atom. The highest BCUT2D eigenvalue weighted by Crippen LogP contribution is 2.24. The summed E-state index contributed by atoms with van der Waals surface area (Å²) in [6, 6.07) is 6.28. The maximum atomic E-state index is 12.5. The van der Waals surface area contributed by atoms with Gasteiger partial charge in [0, 0.05) is 51.6 Å². The first-order valence-corrected chi connectivity index (χ1v) is 8.83. The van der Waals surface area contributed by atoms with E-state index in [0.29, 0.717) is 0 Å². The second-order valence-electron chi connectivity index (χ2n) is 7.33. The fraction of sp³-hybridized carbons (Fsp3) is 0.667. The average molecular weight is 332 g/mol. The lowest BCUT2D eigenvalue weighted by Crippen LogP contribution is -2.55. The van der Waals surface area contributed by atoms with Gasteiger partial charge >= 0.3 is 6.03 Å². The quantitative estimate of drug-likeness (QED) is 0.918. The van der Waals surface area contributed by atoms with Gasteiger partial charge in [-0.05, 0) is 38.8 Å². The summed E-state index contributed by atoms with van der Waals surface area (Å²) in [5.74, 6) is 0. The fourth-order valence-electron chi connectivity index (χ4n) is 3.45. The van der Waals surface area contributed by atoms with Crippen LogP contribution in [-0.2, 0) is 11.3 Å². The maximum absolute atomic E-state index is 12.5. The van der Waals surface area contributed by atoms with E-state index in [0.717, 1.165) is 57.9 Å². The summed E-state index contributed by atoms with van der Waals surface area (Å²) in [5.41, 5.74) is 0.942. The maximum Gasteiger partial charge on any atom is 0.317 e. The summed E-state index contributed by atoms with van der Waals surface area (Å²) in [6.45, 7) is 9.06. The van der Waals surface area contributed by atoms with E-state index in [4.69, 9.17) is 4.74 Å². The number of piperazine rings is 1. The molecular weight excluding hydrogens is 304 g/mol. The highest BCUT2D eigenvalue weighted by Gasteiger charge is 2.31. The molecule has 24 heavy (non-hydrogen) atoms. The van der Waals surface area contributed by atoms with Crippen LogP contribution < -0.4 is 5.32 Å². The van der Waals surface area contributed by atoms with Crippen LogP contribution >= 0.6 is 0 Å². The number of pyridine rings is 1. The molecule has 0 aliphatic carbocycles. The monoisotopic (exact) mass is 332 g/mol. The summed E-state index contributed by atoms with van der Waals surface area (Å²) in [7, 11) is 0. The highest BCUT2D eigenvalue weighted by molar-refractivity contribution is 5.74. The van der Waals surface area contributed by atoms with Crippen LogP contribution in [-0.4, -0.2) is 65.2 Å². The van der Waals surface area contributed by atoms with E-state index >= 15 is 0 Å². The molecule has 3 rings (SSSR count). The van der Waals surface area contributed by atoms with Gasteiger partial charge in [-0.25, -0.2) is 4.79 Å². The van der Waals surface area contributed by atoms with E-state index in [9.17, 15) is 4.79 Å². The molecule has 2 aliphatic rings. The van der Waals surface area contributed by atoms with Crippen LogP contribution in [0, 0.1) is 0 Å². The van der Waals surface area contributed by atoms with Crippen LogP contribution in [0.15, 0.2) is 24.4 Å². The topological polar surface area (TPSA) is 57.7 Å². The van der Waals surface area contributed by atoms with Gasteiger partial charge in [-0.3, -0.25) is 9.88 Å². The van der Waals surface area contributed by atoms with Gasteiger partial charge in [-0.2, -0.15) is 0 Å². The summed E-state index contributed by atoms with van der Waals surface area (Å²) >= 11 is 0. The SMILES string of the molecule is CC1(C)C[C@H](NC(=O)N2CCN(Cc3ccccn3)CC2)CCO1. The van der Waals surface area contributed by atoms with Crippen molar-refractivity contribution < 1.29 is 9.53 Å². The number of hydrogen-bond acceptors (Lipinski definition) is 4. The minimum Gasteiger partial charge on any atom is -0.375 e. The zero-order valence-electron chi connectivity index (χ0n) is 14.7. The molecular formula is C18H28N4O2. The first-order valence-electron chi connectivity index (χ1n) is 8.83. The fourth-order valence-corrected chi connectivity index (χ4v) is 3.45. The first kappa shape index (κ1) is 17.2. The van der Waals surface area contributed by atoms with Gasteiger partial charge in [0.2, 0.25) is 0 Å². The number of amides is 2. The van der Waals surface area contributed by atoms with Crippen LogP contribution in [0.25, 0.3) is 0 Å². The number of rotatable bonds is 3. The second kappa shape index (κ2) is 7.49. The molecule has 1 atom stereocenters. The minimum atomic E-state index is -0.141. The molecule has 2 amide bonds. The number of ether oxygens (including phenoxy) is 1. The van der Waals surface area contributed by atoms with Crippen molar-refractivity contribution in [2.24, 2.45) is 0 Å². The lowest BCUT2D eigenvalue weighted by atomic mass is 9.94. The first-order chi connectivity index (χ1) is 11.5. The molecule has 6 nitrogen and oxygen atoms in total. The molecule has 2 aliphatic heterocycles. The summed E-state index contributed by atoms with van der Waals surface area (Å²) in [5, 5.41) is 3.18. The van der Waals surface area contributed by atoms with Gasteiger partial charge in [-0.15, -0.1) is 0 Å². The van der Waals surface area contributed by atoms with Gasteiger partial charge < -0.3 is 15.0 Å². The van der Waals surface area contributed by atoms with E-state index < -0.39 is 0 Å². The molecule has 0 radical (unpaired) electrons. The Balaban J connectivity index is 1.43. The number of nitrogens with zero attached hydrogens (tertiary/aromatic N) is 3. The Morgan fingerprint density at radius 2 is 2.12 bits per heavy atom. The molecule has 1 aromatic rings. The Kier molecular flexibility index (Phi) is 5.36. The van der Waals surface area contributed by atoms with Gasteiger partial charge in [-0.1, -0.05) is 6.07 Å². The Hall–Kier alpha value is -1.66. The molecule has 0 spiro atoms. The smallest absolute Gasteiger partial charge is 0.317 e. The van der Waals surface area contributed by atoms with E-state index in [-0.39, 0.29) is 17.7 Å². The Morgan fingerprint density at radius 3 is 2.79 bits per heavy atom. The van der Waals surface area contributed by atoms with Crippen LogP contribution in [0.5, 0.6) is 0 Å². The number of carbonyl (C=O) groups is 1. The number of aromatic nitrogens is 1. The lowest BCUT2D eigenvalue weighted by Gasteiger charge is -2.38. The van der Waals surface area contributed by atoms with Crippen molar-refractivity contribution in [1.29, 1.82) is 0 Å². The Labute approximate surface area is 144 Å². The van der Waals surface area contributed by atoms with Crippen molar-refractivity contribution >= 4 is 6.03 Å². The van der Waals surface area contributed by atoms with Crippen LogP contribution in [0.4, 0.5) is 4.79 Å². The van der Waals surface area contributed by atoms with Crippen LogP contribution in [0.3, 0.4) is 0 Å². The van der Waals surface area contributed by atoms with Crippen molar-refractivity contribution in [1.82, 2.24) is 20.1 Å². The highest BCUT2D eigenvalue weighted by atomic mass is 16.5. The molecule has 2 fully saturated rings. The molecule has 1 aromatic heterocycles. The molecule has 0 unspecified atom stereocenters. The predicted octanol–water partition coefficient (Wildman–Crippen LogP) is 1.87. The molecule has 0 aromatic carbocycles.